The van der Waals surface area contributed by atoms with E-state index in [-0.39, 0.29) is 18.5 Å². The fourth-order valence-corrected chi connectivity index (χ4v) is 3.66. The van der Waals surface area contributed by atoms with Crippen LogP contribution >= 0.6 is 0 Å². The van der Waals surface area contributed by atoms with Crippen LogP contribution in [0.25, 0.3) is 11.2 Å². The molecule has 0 aromatic carbocycles. The molecule has 0 bridgehead atoms. The minimum atomic E-state index is -1.19. The second-order valence-corrected chi connectivity index (χ2v) is 7.38. The van der Waals surface area contributed by atoms with Gasteiger partial charge in [0, 0.05) is 12.7 Å². The fraction of sp³-hybridized carbons (Fsp3) is 0.556. The van der Waals surface area contributed by atoms with E-state index >= 15 is 0 Å². The predicted molar refractivity (Wildman–Crippen MR) is 101 cm³/mol. The number of hydrogen-bond donors (Lipinski definition) is 3. The van der Waals surface area contributed by atoms with Gasteiger partial charge in [-0.3, -0.25) is 4.57 Å². The van der Waals surface area contributed by atoms with E-state index < -0.39 is 24.5 Å². The van der Waals surface area contributed by atoms with Gasteiger partial charge < -0.3 is 34.3 Å². The number of fused-ring (bicyclic) bond motifs is 1. The largest absolute Gasteiger partial charge is 0.473 e. The maximum absolute atomic E-state index is 10.6. The average molecular weight is 418 g/mol. The standard InChI is InChI=1S/C18H22N6O6/c1-9-4-12(23-30-9)28-6-11-14(25)15(26)18(29-11)24-8-21-13-16(19-7-20-17(13)24)22-10-2-3-27-5-10/h4,7-8,10-11,14-15,18,25-26H,2-3,5-6H2,1H3,(H,19,20,22)/t10?,11-,14-,15-,18-/m1/s1. The molecule has 0 spiro atoms. The van der Waals surface area contributed by atoms with Gasteiger partial charge in [-0.2, -0.15) is 0 Å². The highest BCUT2D eigenvalue weighted by molar-refractivity contribution is 5.82. The van der Waals surface area contributed by atoms with Gasteiger partial charge in [-0.25, -0.2) is 15.0 Å². The second kappa shape index (κ2) is 7.80. The van der Waals surface area contributed by atoms with Gasteiger partial charge in [0.2, 0.25) is 0 Å². The van der Waals surface area contributed by atoms with E-state index in [4.69, 9.17) is 18.7 Å². The summed E-state index contributed by atoms with van der Waals surface area (Å²) in [5.74, 6) is 1.48. The van der Waals surface area contributed by atoms with Crippen LogP contribution in [0.2, 0.25) is 0 Å². The summed E-state index contributed by atoms with van der Waals surface area (Å²) >= 11 is 0. The molecule has 12 nitrogen and oxygen atoms in total. The molecule has 3 N–H and O–H groups in total. The first-order valence-electron chi connectivity index (χ1n) is 9.69. The third-order valence-corrected chi connectivity index (χ3v) is 5.24. The minimum absolute atomic E-state index is 0.00318. The Hall–Kier alpha value is -2.80. The molecule has 3 aromatic heterocycles. The first kappa shape index (κ1) is 19.2. The summed E-state index contributed by atoms with van der Waals surface area (Å²) in [6.45, 7) is 3.06. The molecule has 160 valence electrons. The van der Waals surface area contributed by atoms with Crippen LogP contribution in [0, 0.1) is 6.92 Å². The van der Waals surface area contributed by atoms with Crippen molar-refractivity contribution in [2.75, 3.05) is 25.1 Å². The molecular formula is C18H22N6O6. The van der Waals surface area contributed by atoms with Gasteiger partial charge in [-0.1, -0.05) is 0 Å². The van der Waals surface area contributed by atoms with Crippen LogP contribution in [-0.4, -0.2) is 79.1 Å². The quantitative estimate of drug-likeness (QED) is 0.497. The van der Waals surface area contributed by atoms with E-state index in [1.807, 2.05) is 0 Å². The summed E-state index contributed by atoms with van der Waals surface area (Å²) in [5, 5.41) is 28.1. The van der Waals surface area contributed by atoms with Crippen LogP contribution in [0.1, 0.15) is 18.4 Å². The number of aryl methyl sites for hydroxylation is 1. The lowest BCUT2D eigenvalue weighted by Gasteiger charge is -2.17. The highest BCUT2D eigenvalue weighted by Gasteiger charge is 2.45. The van der Waals surface area contributed by atoms with Crippen molar-refractivity contribution < 1.29 is 28.9 Å². The SMILES string of the molecule is Cc1cc(OC[C@H]2O[C@@H](n3cnc4c(NC5CCOC5)ncnc43)[C@H](O)[C@@H]2O)no1. The van der Waals surface area contributed by atoms with E-state index in [1.54, 1.807) is 17.6 Å². The predicted octanol–water partition coefficient (Wildman–Crippen LogP) is 0.0217. The molecule has 12 heteroatoms. The van der Waals surface area contributed by atoms with Gasteiger partial charge in [0.15, 0.2) is 23.2 Å². The van der Waals surface area contributed by atoms with Crippen molar-refractivity contribution in [2.45, 2.75) is 43.9 Å². The maximum atomic E-state index is 10.6. The molecule has 0 aliphatic carbocycles. The molecule has 2 saturated heterocycles. The Balaban J connectivity index is 1.34. The Bertz CT molecular complexity index is 1020. The smallest absolute Gasteiger partial charge is 0.254 e. The molecule has 5 atom stereocenters. The van der Waals surface area contributed by atoms with E-state index in [9.17, 15) is 10.2 Å². The van der Waals surface area contributed by atoms with Gasteiger partial charge in [0.1, 0.15) is 37.0 Å². The van der Waals surface area contributed by atoms with Crippen LogP contribution in [0.15, 0.2) is 23.2 Å². The van der Waals surface area contributed by atoms with Gasteiger partial charge in [0.25, 0.3) is 5.88 Å². The molecule has 5 rings (SSSR count). The molecule has 1 unspecified atom stereocenters. The summed E-state index contributed by atoms with van der Waals surface area (Å²) in [6, 6.07) is 1.78. The van der Waals surface area contributed by atoms with Crippen molar-refractivity contribution >= 4 is 17.0 Å². The van der Waals surface area contributed by atoms with Gasteiger partial charge in [0.05, 0.1) is 19.0 Å². The van der Waals surface area contributed by atoms with Crippen molar-refractivity contribution in [3.63, 3.8) is 0 Å². The Kier molecular flexibility index (Phi) is 4.98. The number of aliphatic hydroxyl groups excluding tert-OH is 2. The number of anilines is 1. The molecule has 3 aromatic rings. The number of imidazole rings is 1. The number of aromatic nitrogens is 5. The lowest BCUT2D eigenvalue weighted by Crippen LogP contribution is -2.34. The Morgan fingerprint density at radius 3 is 2.93 bits per heavy atom. The zero-order valence-corrected chi connectivity index (χ0v) is 16.2. The molecule has 0 amide bonds. The maximum Gasteiger partial charge on any atom is 0.254 e. The van der Waals surface area contributed by atoms with Crippen LogP contribution in [-0.2, 0) is 9.47 Å². The number of rotatable bonds is 6. The number of nitrogens with one attached hydrogen (secondary N) is 1. The van der Waals surface area contributed by atoms with Crippen molar-refractivity contribution in [1.29, 1.82) is 0 Å². The third kappa shape index (κ3) is 3.47. The molecular weight excluding hydrogens is 396 g/mol. The van der Waals surface area contributed by atoms with Crippen molar-refractivity contribution in [3.8, 4) is 5.88 Å². The van der Waals surface area contributed by atoms with E-state index in [2.05, 4.69) is 25.4 Å². The van der Waals surface area contributed by atoms with E-state index in [1.165, 1.54) is 12.7 Å². The van der Waals surface area contributed by atoms with Gasteiger partial charge in [-0.15, -0.1) is 0 Å². The van der Waals surface area contributed by atoms with Crippen LogP contribution < -0.4 is 10.1 Å². The zero-order valence-electron chi connectivity index (χ0n) is 16.2. The van der Waals surface area contributed by atoms with Crippen LogP contribution in [0.5, 0.6) is 5.88 Å². The van der Waals surface area contributed by atoms with Gasteiger partial charge in [-0.05, 0) is 18.5 Å². The van der Waals surface area contributed by atoms with Crippen molar-refractivity contribution in [3.05, 3.63) is 24.5 Å². The van der Waals surface area contributed by atoms with Crippen molar-refractivity contribution in [2.24, 2.45) is 0 Å². The summed E-state index contributed by atoms with van der Waals surface area (Å²) in [7, 11) is 0. The Morgan fingerprint density at radius 1 is 1.27 bits per heavy atom. The van der Waals surface area contributed by atoms with Crippen molar-refractivity contribution in [1.82, 2.24) is 24.7 Å². The molecule has 2 fully saturated rings. The summed E-state index contributed by atoms with van der Waals surface area (Å²) < 4.78 is 23.3. The lowest BCUT2D eigenvalue weighted by atomic mass is 10.1. The minimum Gasteiger partial charge on any atom is -0.473 e. The lowest BCUT2D eigenvalue weighted by molar-refractivity contribution is -0.0481. The number of nitrogens with zero attached hydrogens (tertiary/aromatic N) is 5. The summed E-state index contributed by atoms with van der Waals surface area (Å²) in [4.78, 5) is 13.0. The van der Waals surface area contributed by atoms with E-state index in [0.29, 0.717) is 36.0 Å². The van der Waals surface area contributed by atoms with Crippen LogP contribution in [0.4, 0.5) is 5.82 Å². The monoisotopic (exact) mass is 418 g/mol. The first-order valence-corrected chi connectivity index (χ1v) is 9.69. The van der Waals surface area contributed by atoms with Gasteiger partial charge >= 0.3 is 0 Å². The third-order valence-electron chi connectivity index (χ3n) is 5.24. The molecule has 0 saturated carbocycles. The van der Waals surface area contributed by atoms with E-state index in [0.717, 1.165) is 6.42 Å². The number of aliphatic hydroxyl groups is 2. The zero-order chi connectivity index (χ0) is 20.7. The molecule has 5 heterocycles. The topological polar surface area (TPSA) is 150 Å². The number of ether oxygens (including phenoxy) is 3. The Labute approximate surface area is 170 Å². The Morgan fingerprint density at radius 2 is 2.17 bits per heavy atom. The summed E-state index contributed by atoms with van der Waals surface area (Å²) in [6.07, 6.45) is -0.176. The highest BCUT2D eigenvalue weighted by atomic mass is 16.6. The summed E-state index contributed by atoms with van der Waals surface area (Å²) in [5.41, 5.74) is 1.03. The molecule has 0 radical (unpaired) electrons. The molecule has 2 aliphatic rings. The highest BCUT2D eigenvalue weighted by Crippen LogP contribution is 2.32. The average Bonchev–Trinajstić information content (AvgIpc) is 3.52. The number of hydrogen-bond acceptors (Lipinski definition) is 11. The van der Waals surface area contributed by atoms with Crippen LogP contribution in [0.3, 0.4) is 0 Å². The molecule has 2 aliphatic heterocycles. The fourth-order valence-electron chi connectivity index (χ4n) is 3.66. The normalized spacial score (nSPS) is 29.0. The first-order chi connectivity index (χ1) is 14.6. The second-order valence-electron chi connectivity index (χ2n) is 7.38. The molecule has 30 heavy (non-hydrogen) atoms.